The van der Waals surface area contributed by atoms with E-state index in [1.165, 1.54) is 4.31 Å². The summed E-state index contributed by atoms with van der Waals surface area (Å²) < 4.78 is 27.3. The number of benzene rings is 3. The van der Waals surface area contributed by atoms with Crippen molar-refractivity contribution in [2.75, 3.05) is 13.6 Å². The van der Waals surface area contributed by atoms with Crippen LogP contribution in [-0.2, 0) is 23.1 Å². The molecule has 6 heteroatoms. The van der Waals surface area contributed by atoms with Crippen LogP contribution in [0.15, 0.2) is 102 Å². The Kier molecular flexibility index (Phi) is 7.39. The zero-order chi connectivity index (χ0) is 22.3. The molecule has 0 bridgehead atoms. The van der Waals surface area contributed by atoms with Crippen LogP contribution < -0.4 is 0 Å². The van der Waals surface area contributed by atoms with E-state index in [-0.39, 0.29) is 23.9 Å². The summed E-state index contributed by atoms with van der Waals surface area (Å²) in [5.41, 5.74) is 2.41. The molecule has 0 saturated heterocycles. The van der Waals surface area contributed by atoms with Crippen LogP contribution in [0, 0.1) is 0 Å². The number of hydrogen-bond acceptors (Lipinski definition) is 3. The minimum absolute atomic E-state index is 0.0877. The van der Waals surface area contributed by atoms with Gasteiger partial charge in [0.25, 0.3) is 5.91 Å². The Morgan fingerprint density at radius 2 is 1.39 bits per heavy atom. The van der Waals surface area contributed by atoms with Gasteiger partial charge in [-0.3, -0.25) is 4.79 Å². The number of hydrogen-bond donors (Lipinski definition) is 0. The quantitative estimate of drug-likeness (QED) is 0.471. The molecular weight excluding hydrogens is 408 g/mol. The number of rotatable bonds is 9. The lowest BCUT2D eigenvalue weighted by Crippen LogP contribution is -2.31. The Bertz CT molecular complexity index is 1110. The van der Waals surface area contributed by atoms with Crippen molar-refractivity contribution in [3.05, 3.63) is 114 Å². The molecule has 0 N–H and O–H groups in total. The number of nitrogens with zero attached hydrogens (tertiary/aromatic N) is 2. The van der Waals surface area contributed by atoms with E-state index in [0.717, 1.165) is 11.1 Å². The van der Waals surface area contributed by atoms with Gasteiger partial charge in [-0.15, -0.1) is 6.58 Å². The molecule has 0 aromatic heterocycles. The second-order valence-corrected chi connectivity index (χ2v) is 9.18. The van der Waals surface area contributed by atoms with Crippen molar-refractivity contribution in [3.8, 4) is 0 Å². The minimum Gasteiger partial charge on any atom is -0.337 e. The lowest BCUT2D eigenvalue weighted by atomic mass is 10.1. The van der Waals surface area contributed by atoms with Crippen LogP contribution in [0.1, 0.15) is 21.5 Å². The van der Waals surface area contributed by atoms with Gasteiger partial charge in [0.1, 0.15) is 0 Å². The molecular formula is C25H26N2O3S. The standard InChI is InChI=1S/C25H26N2O3S/c1-3-18-27(31(29,30)24-12-8-5-9-13-24)20-22-14-16-23(17-15-22)25(28)26(2)19-21-10-6-4-7-11-21/h3-17H,1,18-20H2,2H3. The fraction of sp³-hybridized carbons (Fsp3) is 0.160. The van der Waals surface area contributed by atoms with Crippen molar-refractivity contribution in [1.29, 1.82) is 0 Å². The Morgan fingerprint density at radius 1 is 0.839 bits per heavy atom. The molecule has 1 amide bonds. The summed E-state index contributed by atoms with van der Waals surface area (Å²) in [6.45, 7) is 4.59. The zero-order valence-electron chi connectivity index (χ0n) is 17.5. The Labute approximate surface area is 184 Å². The Balaban J connectivity index is 1.72. The molecule has 0 saturated carbocycles. The van der Waals surface area contributed by atoms with E-state index >= 15 is 0 Å². The molecule has 0 atom stereocenters. The second-order valence-electron chi connectivity index (χ2n) is 7.24. The number of carbonyl (C=O) groups excluding carboxylic acids is 1. The molecule has 31 heavy (non-hydrogen) atoms. The van der Waals surface area contributed by atoms with E-state index in [1.54, 1.807) is 72.6 Å². The van der Waals surface area contributed by atoms with Crippen LogP contribution in [0.4, 0.5) is 0 Å². The monoisotopic (exact) mass is 434 g/mol. The first-order valence-corrected chi connectivity index (χ1v) is 11.4. The Morgan fingerprint density at radius 3 is 1.97 bits per heavy atom. The number of sulfonamides is 1. The smallest absolute Gasteiger partial charge is 0.253 e. The summed E-state index contributed by atoms with van der Waals surface area (Å²) in [5, 5.41) is 0. The number of amides is 1. The van der Waals surface area contributed by atoms with Crippen molar-refractivity contribution < 1.29 is 13.2 Å². The van der Waals surface area contributed by atoms with Crippen molar-refractivity contribution in [2.45, 2.75) is 18.0 Å². The van der Waals surface area contributed by atoms with E-state index in [2.05, 4.69) is 6.58 Å². The summed E-state index contributed by atoms with van der Waals surface area (Å²) in [4.78, 5) is 14.6. The van der Waals surface area contributed by atoms with Crippen LogP contribution in [0.3, 0.4) is 0 Å². The highest BCUT2D eigenvalue weighted by molar-refractivity contribution is 7.89. The van der Waals surface area contributed by atoms with E-state index in [0.29, 0.717) is 12.1 Å². The lowest BCUT2D eigenvalue weighted by molar-refractivity contribution is 0.0785. The van der Waals surface area contributed by atoms with Gasteiger partial charge in [0, 0.05) is 32.2 Å². The van der Waals surface area contributed by atoms with E-state index in [1.807, 2.05) is 30.3 Å². The third-order valence-corrected chi connectivity index (χ3v) is 6.71. The first-order chi connectivity index (χ1) is 14.9. The van der Waals surface area contributed by atoms with Crippen LogP contribution in [0.2, 0.25) is 0 Å². The van der Waals surface area contributed by atoms with Gasteiger partial charge in [0.15, 0.2) is 0 Å². The maximum absolute atomic E-state index is 13.0. The molecule has 0 fully saturated rings. The van der Waals surface area contributed by atoms with Gasteiger partial charge in [0.2, 0.25) is 10.0 Å². The fourth-order valence-corrected chi connectivity index (χ4v) is 4.66. The highest BCUT2D eigenvalue weighted by Gasteiger charge is 2.23. The maximum atomic E-state index is 13.0. The molecule has 3 rings (SSSR count). The first kappa shape index (κ1) is 22.5. The van der Waals surface area contributed by atoms with Gasteiger partial charge >= 0.3 is 0 Å². The van der Waals surface area contributed by atoms with E-state index < -0.39 is 10.0 Å². The molecule has 0 unspecified atom stereocenters. The minimum atomic E-state index is -3.65. The van der Waals surface area contributed by atoms with Gasteiger partial charge in [-0.25, -0.2) is 8.42 Å². The third-order valence-electron chi connectivity index (χ3n) is 4.88. The third kappa shape index (κ3) is 5.69. The summed E-state index contributed by atoms with van der Waals surface area (Å²) in [7, 11) is -1.88. The molecule has 0 heterocycles. The van der Waals surface area contributed by atoms with Crippen LogP contribution in [-0.4, -0.2) is 37.1 Å². The lowest BCUT2D eigenvalue weighted by Gasteiger charge is -2.21. The predicted molar refractivity (Wildman–Crippen MR) is 123 cm³/mol. The summed E-state index contributed by atoms with van der Waals surface area (Å²) in [6, 6.07) is 25.2. The van der Waals surface area contributed by atoms with E-state index in [9.17, 15) is 13.2 Å². The number of carbonyl (C=O) groups is 1. The van der Waals surface area contributed by atoms with Gasteiger partial charge in [-0.2, -0.15) is 4.31 Å². The van der Waals surface area contributed by atoms with Gasteiger partial charge < -0.3 is 4.90 Å². The second kappa shape index (κ2) is 10.2. The summed E-state index contributed by atoms with van der Waals surface area (Å²) >= 11 is 0. The van der Waals surface area contributed by atoms with Crippen LogP contribution in [0.25, 0.3) is 0 Å². The van der Waals surface area contributed by atoms with Gasteiger partial charge in [-0.05, 0) is 35.4 Å². The molecule has 5 nitrogen and oxygen atoms in total. The SMILES string of the molecule is C=CCN(Cc1ccc(C(=O)N(C)Cc2ccccc2)cc1)S(=O)(=O)c1ccccc1. The molecule has 0 radical (unpaired) electrons. The van der Waals surface area contributed by atoms with Crippen LogP contribution >= 0.6 is 0 Å². The molecule has 0 spiro atoms. The zero-order valence-corrected chi connectivity index (χ0v) is 18.3. The van der Waals surface area contributed by atoms with Crippen molar-refractivity contribution in [2.24, 2.45) is 0 Å². The molecule has 3 aromatic carbocycles. The Hall–Kier alpha value is -3.22. The first-order valence-electron chi connectivity index (χ1n) is 9.96. The largest absolute Gasteiger partial charge is 0.337 e. The molecule has 0 aliphatic rings. The van der Waals surface area contributed by atoms with E-state index in [4.69, 9.17) is 0 Å². The van der Waals surface area contributed by atoms with Crippen molar-refractivity contribution in [1.82, 2.24) is 9.21 Å². The molecule has 3 aromatic rings. The molecule has 160 valence electrons. The summed E-state index contributed by atoms with van der Waals surface area (Å²) in [5.74, 6) is -0.0877. The normalized spacial score (nSPS) is 11.3. The molecule has 0 aliphatic carbocycles. The van der Waals surface area contributed by atoms with Crippen molar-refractivity contribution in [3.63, 3.8) is 0 Å². The maximum Gasteiger partial charge on any atom is 0.253 e. The fourth-order valence-electron chi connectivity index (χ4n) is 3.24. The van der Waals surface area contributed by atoms with Gasteiger partial charge in [-0.1, -0.05) is 66.7 Å². The average molecular weight is 435 g/mol. The predicted octanol–water partition coefficient (Wildman–Crippen LogP) is 4.34. The highest BCUT2D eigenvalue weighted by atomic mass is 32.2. The van der Waals surface area contributed by atoms with Crippen LogP contribution in [0.5, 0.6) is 0 Å². The summed E-state index contributed by atoms with van der Waals surface area (Å²) in [6.07, 6.45) is 1.57. The topological polar surface area (TPSA) is 57.7 Å². The van der Waals surface area contributed by atoms with Gasteiger partial charge in [0.05, 0.1) is 4.90 Å². The molecule has 0 aliphatic heterocycles. The average Bonchev–Trinajstić information content (AvgIpc) is 2.80. The highest BCUT2D eigenvalue weighted by Crippen LogP contribution is 2.19. The van der Waals surface area contributed by atoms with Crippen molar-refractivity contribution >= 4 is 15.9 Å².